The molecule has 0 bridgehead atoms. The smallest absolute Gasteiger partial charge is 0.255 e. The first-order valence-electron chi connectivity index (χ1n) is 13.8. The van der Waals surface area contributed by atoms with Gasteiger partial charge < -0.3 is 14.6 Å². The van der Waals surface area contributed by atoms with Gasteiger partial charge in [0.15, 0.2) is 5.75 Å². The number of ether oxygens (including phenoxy) is 1. The molecule has 0 saturated heterocycles. The number of benzene rings is 2. The van der Waals surface area contributed by atoms with Crippen molar-refractivity contribution in [3.05, 3.63) is 70.9 Å². The number of carbonyl (C=O) groups is 1. The van der Waals surface area contributed by atoms with Crippen molar-refractivity contribution in [1.82, 2.24) is 20.5 Å². The summed E-state index contributed by atoms with van der Waals surface area (Å²) < 4.78 is 34.4. The summed E-state index contributed by atoms with van der Waals surface area (Å²) in [6.07, 6.45) is 6.82. The standard InChI is InChI=1S/C30H39N7O4S/c1-18-9-10-19(13-24(18)37-17-23(33-35-37)25-16-31-28(36(25)6)29(2,3)4)27(38)32-21-14-20(30(5)11-12-30)15-22(26(21)41-7)34-42(8,39)40/h9-10,13-17,33-35H,11-12H2,1-8H3,(H,32,38). The first-order valence-corrected chi connectivity index (χ1v) is 15.7. The molecule has 11 nitrogen and oxygen atoms in total. The number of amides is 1. The molecule has 42 heavy (non-hydrogen) atoms. The van der Waals surface area contributed by atoms with Gasteiger partial charge in [-0.2, -0.15) is 0 Å². The normalized spacial score (nSPS) is 16.1. The number of sulfonamides is 1. The van der Waals surface area contributed by atoms with Crippen LogP contribution >= 0.6 is 0 Å². The van der Waals surface area contributed by atoms with Gasteiger partial charge in [0.2, 0.25) is 10.0 Å². The fourth-order valence-electron chi connectivity index (χ4n) is 5.18. The van der Waals surface area contributed by atoms with E-state index in [1.165, 1.54) is 7.11 Å². The Morgan fingerprint density at radius 2 is 1.83 bits per heavy atom. The highest BCUT2D eigenvalue weighted by atomic mass is 32.2. The zero-order valence-electron chi connectivity index (χ0n) is 25.3. The summed E-state index contributed by atoms with van der Waals surface area (Å²) in [5, 5.41) is 4.79. The predicted octanol–water partition coefficient (Wildman–Crippen LogP) is 4.54. The lowest BCUT2D eigenvalue weighted by Gasteiger charge is -2.20. The molecular weight excluding hydrogens is 554 g/mol. The van der Waals surface area contributed by atoms with E-state index in [9.17, 15) is 13.2 Å². The maximum atomic E-state index is 13.6. The van der Waals surface area contributed by atoms with Crippen LogP contribution in [0.25, 0.3) is 5.70 Å². The Hall–Kier alpha value is -4.03. The van der Waals surface area contributed by atoms with E-state index < -0.39 is 10.0 Å². The van der Waals surface area contributed by atoms with Gasteiger partial charge in [-0.25, -0.2) is 13.4 Å². The summed E-state index contributed by atoms with van der Waals surface area (Å²) in [4.78, 5) is 18.2. The number of hydrogen-bond donors (Lipinski definition) is 4. The van der Waals surface area contributed by atoms with E-state index in [0.29, 0.717) is 16.9 Å². The lowest BCUT2D eigenvalue weighted by Crippen LogP contribution is -2.36. The van der Waals surface area contributed by atoms with E-state index in [1.54, 1.807) is 18.2 Å². The van der Waals surface area contributed by atoms with Gasteiger partial charge in [0, 0.05) is 18.0 Å². The van der Waals surface area contributed by atoms with Gasteiger partial charge in [-0.3, -0.25) is 20.0 Å². The van der Waals surface area contributed by atoms with Gasteiger partial charge >= 0.3 is 0 Å². The second-order valence-corrected chi connectivity index (χ2v) is 14.2. The highest BCUT2D eigenvalue weighted by Gasteiger charge is 2.40. The average Bonchev–Trinajstić information content (AvgIpc) is 3.27. The van der Waals surface area contributed by atoms with E-state index in [0.717, 1.165) is 53.1 Å². The van der Waals surface area contributed by atoms with Crippen LogP contribution in [0.15, 0.2) is 42.7 Å². The molecule has 1 fully saturated rings. The van der Waals surface area contributed by atoms with Gasteiger partial charge in [0.05, 0.1) is 54.2 Å². The molecule has 0 spiro atoms. The number of hydrazine groups is 2. The number of aromatic nitrogens is 2. The van der Waals surface area contributed by atoms with Crippen molar-refractivity contribution in [2.75, 3.05) is 28.4 Å². The van der Waals surface area contributed by atoms with Crippen molar-refractivity contribution in [1.29, 1.82) is 0 Å². The molecule has 4 N–H and O–H groups in total. The number of rotatable bonds is 8. The van der Waals surface area contributed by atoms with Crippen molar-refractivity contribution in [2.45, 2.75) is 58.3 Å². The first kappa shape index (κ1) is 29.5. The molecule has 1 saturated carbocycles. The van der Waals surface area contributed by atoms with Crippen LogP contribution < -0.4 is 30.7 Å². The third-order valence-corrected chi connectivity index (χ3v) is 8.36. The second-order valence-electron chi connectivity index (χ2n) is 12.4. The molecule has 2 aliphatic rings. The monoisotopic (exact) mass is 593 g/mol. The number of aryl methyl sites for hydroxylation is 1. The number of carbonyl (C=O) groups excluding carboxylic acids is 1. The van der Waals surface area contributed by atoms with Crippen molar-refractivity contribution in [3.63, 3.8) is 0 Å². The Labute approximate surface area is 247 Å². The zero-order valence-corrected chi connectivity index (χ0v) is 26.2. The van der Waals surface area contributed by atoms with Crippen LogP contribution in [0, 0.1) is 6.92 Å². The van der Waals surface area contributed by atoms with Crippen molar-refractivity contribution < 1.29 is 17.9 Å². The topological polar surface area (TPSA) is 130 Å². The zero-order chi connectivity index (χ0) is 30.6. The number of imidazole rings is 1. The van der Waals surface area contributed by atoms with Crippen molar-refractivity contribution in [3.8, 4) is 5.75 Å². The summed E-state index contributed by atoms with van der Waals surface area (Å²) in [6.45, 7) is 10.5. The summed E-state index contributed by atoms with van der Waals surface area (Å²) in [5.74, 6) is 0.868. The molecule has 0 unspecified atom stereocenters. The minimum absolute atomic E-state index is 0.0727. The highest BCUT2D eigenvalue weighted by molar-refractivity contribution is 7.92. The summed E-state index contributed by atoms with van der Waals surface area (Å²) >= 11 is 0. The van der Waals surface area contributed by atoms with Crippen LogP contribution in [0.5, 0.6) is 5.75 Å². The van der Waals surface area contributed by atoms with E-state index in [1.807, 2.05) is 43.5 Å². The van der Waals surface area contributed by atoms with Crippen LogP contribution in [-0.4, -0.2) is 37.2 Å². The Morgan fingerprint density at radius 1 is 1.14 bits per heavy atom. The van der Waals surface area contributed by atoms with Crippen LogP contribution in [0.3, 0.4) is 0 Å². The Bertz CT molecular complexity index is 1700. The lowest BCUT2D eigenvalue weighted by atomic mass is 9.96. The minimum Gasteiger partial charge on any atom is -0.492 e. The Kier molecular flexibility index (Phi) is 7.26. The Balaban J connectivity index is 1.44. The Morgan fingerprint density at radius 3 is 2.43 bits per heavy atom. The molecule has 5 rings (SSSR count). The molecular formula is C30H39N7O4S. The number of nitrogens with one attached hydrogen (secondary N) is 4. The molecule has 1 aromatic heterocycles. The molecule has 224 valence electrons. The van der Waals surface area contributed by atoms with Gasteiger partial charge in [-0.05, 0) is 60.6 Å². The maximum absolute atomic E-state index is 13.6. The van der Waals surface area contributed by atoms with E-state index in [2.05, 4.69) is 58.2 Å². The molecule has 1 aliphatic heterocycles. The number of methoxy groups -OCH3 is 1. The van der Waals surface area contributed by atoms with E-state index in [4.69, 9.17) is 4.74 Å². The summed E-state index contributed by atoms with van der Waals surface area (Å²) in [7, 11) is -0.132. The van der Waals surface area contributed by atoms with Gasteiger partial charge in [0.1, 0.15) is 5.82 Å². The van der Waals surface area contributed by atoms with Crippen LogP contribution in [0.4, 0.5) is 17.1 Å². The molecule has 2 heterocycles. The predicted molar refractivity (Wildman–Crippen MR) is 166 cm³/mol. The number of anilines is 3. The minimum atomic E-state index is -3.57. The van der Waals surface area contributed by atoms with Crippen molar-refractivity contribution >= 4 is 38.7 Å². The van der Waals surface area contributed by atoms with Gasteiger partial charge in [-0.15, -0.1) is 5.53 Å². The highest BCUT2D eigenvalue weighted by Crippen LogP contribution is 2.51. The van der Waals surface area contributed by atoms with Crippen LogP contribution in [0.2, 0.25) is 0 Å². The van der Waals surface area contributed by atoms with Crippen LogP contribution in [0.1, 0.15) is 73.5 Å². The molecule has 2 aromatic carbocycles. The largest absolute Gasteiger partial charge is 0.492 e. The maximum Gasteiger partial charge on any atom is 0.255 e. The second kappa shape index (κ2) is 10.4. The van der Waals surface area contributed by atoms with E-state index >= 15 is 0 Å². The fraction of sp³-hybridized carbons (Fsp3) is 0.400. The van der Waals surface area contributed by atoms with E-state index in [-0.39, 0.29) is 22.5 Å². The third kappa shape index (κ3) is 5.82. The molecule has 1 aliphatic carbocycles. The molecule has 12 heteroatoms. The van der Waals surface area contributed by atoms with Crippen LogP contribution in [-0.2, 0) is 27.9 Å². The SMILES string of the molecule is COc1c(NC(=O)c2ccc(C)c(N3C=C(c4cnc(C(C)(C)C)n4C)NN3)c2)cc(C2(C)CC2)cc1NS(C)(=O)=O. The first-order chi connectivity index (χ1) is 19.6. The average molecular weight is 594 g/mol. The molecule has 0 atom stereocenters. The summed E-state index contributed by atoms with van der Waals surface area (Å²) in [5.41, 5.74) is 11.8. The molecule has 0 radical (unpaired) electrons. The number of nitrogens with zero attached hydrogens (tertiary/aromatic N) is 3. The number of hydrogen-bond acceptors (Lipinski definition) is 8. The molecule has 3 aromatic rings. The quantitative estimate of drug-likeness (QED) is 0.300. The fourth-order valence-corrected chi connectivity index (χ4v) is 5.73. The van der Waals surface area contributed by atoms with Gasteiger partial charge in [0.25, 0.3) is 5.91 Å². The summed E-state index contributed by atoms with van der Waals surface area (Å²) in [6, 6.07) is 9.10. The molecule has 1 amide bonds. The van der Waals surface area contributed by atoms with Crippen molar-refractivity contribution in [2.24, 2.45) is 7.05 Å². The third-order valence-electron chi connectivity index (χ3n) is 7.77. The van der Waals surface area contributed by atoms with Gasteiger partial charge in [-0.1, -0.05) is 33.8 Å². The lowest BCUT2D eigenvalue weighted by molar-refractivity contribution is 0.102.